The fourth-order valence-corrected chi connectivity index (χ4v) is 3.06. The highest BCUT2D eigenvalue weighted by Gasteiger charge is 2.30. The Kier molecular flexibility index (Phi) is 5.23. The molecule has 0 aliphatic heterocycles. The lowest BCUT2D eigenvalue weighted by atomic mass is 9.86. The molecule has 2 N–H and O–H groups in total. The number of ether oxygens (including phenoxy) is 2. The maximum Gasteiger partial charge on any atom is 0.124 e. The first-order valence-electron chi connectivity index (χ1n) is 7.20. The van der Waals surface area contributed by atoms with Crippen molar-refractivity contribution in [2.75, 3.05) is 20.3 Å². The molecule has 0 saturated heterocycles. The largest absolute Gasteiger partial charge is 0.491 e. The summed E-state index contributed by atoms with van der Waals surface area (Å²) in [4.78, 5) is 0. The third kappa shape index (κ3) is 3.48. The quantitative estimate of drug-likeness (QED) is 0.802. The molecule has 1 aliphatic rings. The summed E-state index contributed by atoms with van der Waals surface area (Å²) in [6.07, 6.45) is 3.83. The molecular weight excluding hydrogens is 238 g/mol. The van der Waals surface area contributed by atoms with Gasteiger partial charge in [0, 0.05) is 18.7 Å². The van der Waals surface area contributed by atoms with Gasteiger partial charge in [-0.2, -0.15) is 0 Å². The third-order valence-corrected chi connectivity index (χ3v) is 4.21. The van der Waals surface area contributed by atoms with Crippen LogP contribution in [0.25, 0.3) is 0 Å². The van der Waals surface area contributed by atoms with Crippen LogP contribution >= 0.6 is 0 Å². The lowest BCUT2D eigenvalue weighted by Crippen LogP contribution is -2.24. The van der Waals surface area contributed by atoms with E-state index in [4.69, 9.17) is 15.2 Å². The number of rotatable bonds is 6. The van der Waals surface area contributed by atoms with Crippen LogP contribution in [0.2, 0.25) is 0 Å². The highest BCUT2D eigenvalue weighted by molar-refractivity contribution is 5.36. The first kappa shape index (κ1) is 14.4. The molecule has 1 fully saturated rings. The average molecular weight is 263 g/mol. The van der Waals surface area contributed by atoms with E-state index in [1.165, 1.54) is 19.3 Å². The molecule has 0 amide bonds. The van der Waals surface area contributed by atoms with Crippen LogP contribution in [0.3, 0.4) is 0 Å². The zero-order valence-electron chi connectivity index (χ0n) is 12.0. The fraction of sp³-hybridized carbons (Fsp3) is 0.625. The Labute approximate surface area is 116 Å². The lowest BCUT2D eigenvalue weighted by Gasteiger charge is -2.25. The summed E-state index contributed by atoms with van der Waals surface area (Å²) in [6, 6.07) is 8.22. The molecule has 3 atom stereocenters. The standard InChI is InChI=1S/C16H25NO2/c1-12-6-5-8-13(12)16(17)14-7-3-4-9-15(14)19-11-10-18-2/h3-4,7,9,12-13,16H,5-6,8,10-11,17H2,1-2H3. The topological polar surface area (TPSA) is 44.5 Å². The van der Waals surface area contributed by atoms with Crippen molar-refractivity contribution in [3.63, 3.8) is 0 Å². The number of hydrogen-bond acceptors (Lipinski definition) is 3. The van der Waals surface area contributed by atoms with Gasteiger partial charge >= 0.3 is 0 Å². The van der Waals surface area contributed by atoms with Gasteiger partial charge in [0.2, 0.25) is 0 Å². The smallest absolute Gasteiger partial charge is 0.124 e. The van der Waals surface area contributed by atoms with E-state index in [1.54, 1.807) is 7.11 Å². The molecule has 19 heavy (non-hydrogen) atoms. The fourth-order valence-electron chi connectivity index (χ4n) is 3.06. The van der Waals surface area contributed by atoms with Crippen molar-refractivity contribution in [2.45, 2.75) is 32.2 Å². The van der Waals surface area contributed by atoms with E-state index in [0.29, 0.717) is 25.0 Å². The van der Waals surface area contributed by atoms with Gasteiger partial charge in [-0.15, -0.1) is 0 Å². The van der Waals surface area contributed by atoms with Crippen LogP contribution < -0.4 is 10.5 Å². The molecule has 0 heterocycles. The van der Waals surface area contributed by atoms with Crippen LogP contribution in [0.1, 0.15) is 37.8 Å². The van der Waals surface area contributed by atoms with Gasteiger partial charge in [0.05, 0.1) is 6.61 Å². The van der Waals surface area contributed by atoms with Crippen molar-refractivity contribution >= 4 is 0 Å². The molecule has 3 unspecified atom stereocenters. The van der Waals surface area contributed by atoms with Crippen molar-refractivity contribution in [1.29, 1.82) is 0 Å². The number of para-hydroxylation sites is 1. The van der Waals surface area contributed by atoms with Crippen LogP contribution in [0.4, 0.5) is 0 Å². The minimum Gasteiger partial charge on any atom is -0.491 e. The number of methoxy groups -OCH3 is 1. The van der Waals surface area contributed by atoms with E-state index in [0.717, 1.165) is 11.3 Å². The minimum absolute atomic E-state index is 0.0799. The minimum atomic E-state index is 0.0799. The normalized spacial score (nSPS) is 24.4. The van der Waals surface area contributed by atoms with Gasteiger partial charge in [-0.1, -0.05) is 38.0 Å². The summed E-state index contributed by atoms with van der Waals surface area (Å²) < 4.78 is 10.8. The van der Waals surface area contributed by atoms with E-state index in [2.05, 4.69) is 13.0 Å². The molecule has 1 aliphatic carbocycles. The molecule has 3 nitrogen and oxygen atoms in total. The summed E-state index contributed by atoms with van der Waals surface area (Å²) in [6.45, 7) is 3.48. The van der Waals surface area contributed by atoms with Gasteiger partial charge in [-0.05, 0) is 24.3 Å². The molecule has 2 rings (SSSR count). The second-order valence-corrected chi connectivity index (χ2v) is 5.48. The Bertz CT molecular complexity index is 394. The molecule has 3 heteroatoms. The van der Waals surface area contributed by atoms with Gasteiger partial charge in [-0.25, -0.2) is 0 Å². The van der Waals surface area contributed by atoms with Crippen molar-refractivity contribution < 1.29 is 9.47 Å². The molecule has 0 aromatic heterocycles. The monoisotopic (exact) mass is 263 g/mol. The Balaban J connectivity index is 2.09. The van der Waals surface area contributed by atoms with Gasteiger partial charge in [0.1, 0.15) is 12.4 Å². The van der Waals surface area contributed by atoms with Gasteiger partial charge in [0.25, 0.3) is 0 Å². The number of nitrogens with two attached hydrogens (primary N) is 1. The van der Waals surface area contributed by atoms with Gasteiger partial charge in [0.15, 0.2) is 0 Å². The number of benzene rings is 1. The van der Waals surface area contributed by atoms with E-state index >= 15 is 0 Å². The van der Waals surface area contributed by atoms with E-state index in [-0.39, 0.29) is 6.04 Å². The van der Waals surface area contributed by atoms with Crippen LogP contribution in [0.15, 0.2) is 24.3 Å². The van der Waals surface area contributed by atoms with Gasteiger partial charge < -0.3 is 15.2 Å². The molecule has 0 bridgehead atoms. The molecular formula is C16H25NO2. The second kappa shape index (κ2) is 6.92. The van der Waals surface area contributed by atoms with Crippen molar-refractivity contribution in [3.05, 3.63) is 29.8 Å². The Hall–Kier alpha value is -1.06. The molecule has 1 aromatic carbocycles. The lowest BCUT2D eigenvalue weighted by molar-refractivity contribution is 0.145. The van der Waals surface area contributed by atoms with E-state index < -0.39 is 0 Å². The maximum absolute atomic E-state index is 6.48. The Morgan fingerprint density at radius 3 is 2.74 bits per heavy atom. The zero-order chi connectivity index (χ0) is 13.7. The second-order valence-electron chi connectivity index (χ2n) is 5.48. The van der Waals surface area contributed by atoms with Crippen LogP contribution in [-0.2, 0) is 4.74 Å². The highest BCUT2D eigenvalue weighted by atomic mass is 16.5. The molecule has 1 saturated carbocycles. The third-order valence-electron chi connectivity index (χ3n) is 4.21. The Morgan fingerprint density at radius 1 is 1.26 bits per heavy atom. The van der Waals surface area contributed by atoms with Crippen LogP contribution in [-0.4, -0.2) is 20.3 Å². The predicted octanol–water partition coefficient (Wildman–Crippen LogP) is 3.15. The zero-order valence-corrected chi connectivity index (χ0v) is 12.0. The number of hydrogen-bond donors (Lipinski definition) is 1. The molecule has 0 radical (unpaired) electrons. The first-order valence-corrected chi connectivity index (χ1v) is 7.20. The summed E-state index contributed by atoms with van der Waals surface area (Å²) in [5, 5.41) is 0. The van der Waals surface area contributed by atoms with E-state index in [1.807, 2.05) is 18.2 Å². The summed E-state index contributed by atoms with van der Waals surface area (Å²) in [7, 11) is 1.68. The van der Waals surface area contributed by atoms with Crippen molar-refractivity contribution in [3.8, 4) is 5.75 Å². The average Bonchev–Trinajstić information content (AvgIpc) is 2.85. The maximum atomic E-state index is 6.48. The first-order chi connectivity index (χ1) is 9.24. The molecule has 1 aromatic rings. The predicted molar refractivity (Wildman–Crippen MR) is 77.2 cm³/mol. The SMILES string of the molecule is COCCOc1ccccc1C(N)C1CCCC1C. The summed E-state index contributed by atoms with van der Waals surface area (Å²) >= 11 is 0. The highest BCUT2D eigenvalue weighted by Crippen LogP contribution is 2.40. The summed E-state index contributed by atoms with van der Waals surface area (Å²) in [5.74, 6) is 2.19. The van der Waals surface area contributed by atoms with Crippen molar-refractivity contribution in [1.82, 2.24) is 0 Å². The van der Waals surface area contributed by atoms with Gasteiger partial charge in [-0.3, -0.25) is 0 Å². The van der Waals surface area contributed by atoms with Crippen LogP contribution in [0, 0.1) is 11.8 Å². The van der Waals surface area contributed by atoms with Crippen molar-refractivity contribution in [2.24, 2.45) is 17.6 Å². The molecule has 0 spiro atoms. The van der Waals surface area contributed by atoms with Crippen LogP contribution in [0.5, 0.6) is 5.75 Å². The molecule has 106 valence electrons. The summed E-state index contributed by atoms with van der Waals surface area (Å²) in [5.41, 5.74) is 7.62. The Morgan fingerprint density at radius 2 is 2.05 bits per heavy atom. The van der Waals surface area contributed by atoms with E-state index in [9.17, 15) is 0 Å².